The molecule has 0 aromatic heterocycles. The van der Waals surface area contributed by atoms with Crippen molar-refractivity contribution in [1.82, 2.24) is 4.90 Å². The summed E-state index contributed by atoms with van der Waals surface area (Å²) >= 11 is 0. The molecule has 0 N–H and O–H groups in total. The Morgan fingerprint density at radius 1 is 1.22 bits per heavy atom. The molecule has 2 aliphatic rings. The number of imide groups is 1. The molecule has 18 heavy (non-hydrogen) atoms. The number of fused-ring (bicyclic) bond motifs is 1. The largest absolute Gasteiger partial charge is 0.270 e. The Hall–Kier alpha value is -2.12. The highest BCUT2D eigenvalue weighted by Gasteiger charge is 2.37. The van der Waals surface area contributed by atoms with Crippen molar-refractivity contribution >= 4 is 11.8 Å². The van der Waals surface area contributed by atoms with E-state index in [4.69, 9.17) is 0 Å². The maximum Gasteiger partial charge on any atom is 0.261 e. The fourth-order valence-electron chi connectivity index (χ4n) is 2.31. The summed E-state index contributed by atoms with van der Waals surface area (Å²) < 4.78 is 0. The van der Waals surface area contributed by atoms with Crippen molar-refractivity contribution in [2.75, 3.05) is 6.54 Å². The maximum absolute atomic E-state index is 12.1. The molecule has 0 radical (unpaired) electrons. The third-order valence-electron chi connectivity index (χ3n) is 3.50. The summed E-state index contributed by atoms with van der Waals surface area (Å²) in [7, 11) is 0. The first-order valence-electron chi connectivity index (χ1n) is 6.06. The van der Waals surface area contributed by atoms with Gasteiger partial charge in [-0.15, -0.1) is 5.73 Å². The molecular formula is C15H13NO2. The minimum atomic E-state index is -0.205. The topological polar surface area (TPSA) is 37.4 Å². The van der Waals surface area contributed by atoms with Crippen LogP contribution in [-0.2, 0) is 0 Å². The number of amides is 2. The molecule has 1 aliphatic carbocycles. The fraction of sp³-hybridized carbons (Fsp3) is 0.267. The van der Waals surface area contributed by atoms with E-state index in [2.05, 4.69) is 12.3 Å². The van der Waals surface area contributed by atoms with Crippen molar-refractivity contribution in [3.05, 3.63) is 53.3 Å². The molecule has 1 aromatic rings. The molecule has 0 spiro atoms. The van der Waals surface area contributed by atoms with Crippen LogP contribution in [0.25, 0.3) is 0 Å². The van der Waals surface area contributed by atoms with Crippen LogP contribution in [-0.4, -0.2) is 23.3 Å². The first kappa shape index (κ1) is 11.0. The van der Waals surface area contributed by atoms with E-state index in [0.29, 0.717) is 23.6 Å². The number of nitrogens with zero attached hydrogens (tertiary/aromatic N) is 1. The lowest BCUT2D eigenvalue weighted by atomic mass is 10.1. The highest BCUT2D eigenvalue weighted by molar-refractivity contribution is 6.21. The minimum absolute atomic E-state index is 0.205. The molecule has 1 aliphatic heterocycles. The van der Waals surface area contributed by atoms with Gasteiger partial charge in [-0.2, -0.15) is 0 Å². The standard InChI is InChI=1S/C15H13NO2/c1-2-10(11-7-8-11)9-16-14(17)12-5-3-4-6-13(12)15(16)18/h3-6,11H,1,7-9H2. The number of hydrogen-bond donors (Lipinski definition) is 0. The number of benzene rings is 1. The number of carbonyl (C=O) groups is 2. The molecule has 3 nitrogen and oxygen atoms in total. The molecule has 3 rings (SSSR count). The lowest BCUT2D eigenvalue weighted by Crippen LogP contribution is -2.31. The van der Waals surface area contributed by atoms with Crippen molar-refractivity contribution in [3.8, 4) is 0 Å². The quantitative estimate of drug-likeness (QED) is 0.600. The van der Waals surface area contributed by atoms with Gasteiger partial charge in [-0.3, -0.25) is 14.5 Å². The van der Waals surface area contributed by atoms with E-state index in [1.807, 2.05) is 0 Å². The van der Waals surface area contributed by atoms with Gasteiger partial charge in [0.15, 0.2) is 0 Å². The first-order chi connectivity index (χ1) is 8.72. The van der Waals surface area contributed by atoms with E-state index >= 15 is 0 Å². The summed E-state index contributed by atoms with van der Waals surface area (Å²) in [4.78, 5) is 25.6. The summed E-state index contributed by atoms with van der Waals surface area (Å²) in [5, 5.41) is 0. The fourth-order valence-corrected chi connectivity index (χ4v) is 2.31. The van der Waals surface area contributed by atoms with Gasteiger partial charge in [0.1, 0.15) is 0 Å². The summed E-state index contributed by atoms with van der Waals surface area (Å²) in [6, 6.07) is 6.95. The molecule has 1 aromatic carbocycles. The van der Waals surface area contributed by atoms with Crippen molar-refractivity contribution in [3.63, 3.8) is 0 Å². The molecule has 0 atom stereocenters. The monoisotopic (exact) mass is 239 g/mol. The van der Waals surface area contributed by atoms with Crippen LogP contribution in [0.3, 0.4) is 0 Å². The lowest BCUT2D eigenvalue weighted by molar-refractivity contribution is 0.0666. The average molecular weight is 239 g/mol. The predicted octanol–water partition coefficient (Wildman–Crippen LogP) is 2.40. The van der Waals surface area contributed by atoms with Gasteiger partial charge in [0, 0.05) is 0 Å². The molecule has 1 fully saturated rings. The van der Waals surface area contributed by atoms with Crippen LogP contribution in [0, 0.1) is 5.92 Å². The molecule has 0 saturated heterocycles. The predicted molar refractivity (Wildman–Crippen MR) is 67.2 cm³/mol. The Bertz CT molecular complexity index is 557. The molecular weight excluding hydrogens is 226 g/mol. The molecule has 90 valence electrons. The van der Waals surface area contributed by atoms with Crippen LogP contribution in [0.1, 0.15) is 33.6 Å². The van der Waals surface area contributed by atoms with E-state index in [-0.39, 0.29) is 11.8 Å². The molecule has 0 bridgehead atoms. The number of carbonyl (C=O) groups excluding carboxylic acids is 2. The van der Waals surface area contributed by atoms with Crippen LogP contribution in [0.15, 0.2) is 42.1 Å². The normalized spacial score (nSPS) is 17.7. The van der Waals surface area contributed by atoms with Gasteiger partial charge >= 0.3 is 0 Å². The minimum Gasteiger partial charge on any atom is -0.270 e. The first-order valence-corrected chi connectivity index (χ1v) is 6.06. The van der Waals surface area contributed by atoms with E-state index in [1.165, 1.54) is 4.90 Å². The Morgan fingerprint density at radius 3 is 2.22 bits per heavy atom. The van der Waals surface area contributed by atoms with Crippen LogP contribution < -0.4 is 0 Å². The second kappa shape index (κ2) is 3.97. The SMILES string of the molecule is C=C=C(CN1C(=O)c2ccccc2C1=O)C1CC1. The van der Waals surface area contributed by atoms with Gasteiger partial charge in [-0.05, 0) is 36.5 Å². The Kier molecular flexibility index (Phi) is 2.42. The molecule has 3 heteroatoms. The van der Waals surface area contributed by atoms with Gasteiger partial charge in [-0.25, -0.2) is 0 Å². The summed E-state index contributed by atoms with van der Waals surface area (Å²) in [6.07, 6.45) is 2.22. The van der Waals surface area contributed by atoms with Crippen molar-refractivity contribution in [2.24, 2.45) is 5.92 Å². The van der Waals surface area contributed by atoms with E-state index in [9.17, 15) is 9.59 Å². The summed E-state index contributed by atoms with van der Waals surface area (Å²) in [5.41, 5.74) is 4.86. The maximum atomic E-state index is 12.1. The second-order valence-electron chi connectivity index (χ2n) is 4.72. The lowest BCUT2D eigenvalue weighted by Gasteiger charge is -2.14. The summed E-state index contributed by atoms with van der Waals surface area (Å²) in [5.74, 6) is 0.0554. The van der Waals surface area contributed by atoms with Crippen LogP contribution in [0.4, 0.5) is 0 Å². The number of hydrogen-bond acceptors (Lipinski definition) is 2. The Labute approximate surface area is 105 Å². The van der Waals surface area contributed by atoms with Gasteiger partial charge in [0.25, 0.3) is 11.8 Å². The van der Waals surface area contributed by atoms with E-state index in [1.54, 1.807) is 24.3 Å². The van der Waals surface area contributed by atoms with Gasteiger partial charge in [-0.1, -0.05) is 18.7 Å². The zero-order valence-electron chi connectivity index (χ0n) is 9.98. The van der Waals surface area contributed by atoms with E-state index in [0.717, 1.165) is 18.4 Å². The van der Waals surface area contributed by atoms with Crippen molar-refractivity contribution in [2.45, 2.75) is 12.8 Å². The highest BCUT2D eigenvalue weighted by Crippen LogP contribution is 2.37. The average Bonchev–Trinajstić information content (AvgIpc) is 3.20. The van der Waals surface area contributed by atoms with Gasteiger partial charge < -0.3 is 0 Å². The molecule has 0 unspecified atom stereocenters. The third kappa shape index (κ3) is 1.60. The third-order valence-corrected chi connectivity index (χ3v) is 3.50. The van der Waals surface area contributed by atoms with Crippen LogP contribution >= 0.6 is 0 Å². The number of rotatable bonds is 3. The van der Waals surface area contributed by atoms with E-state index < -0.39 is 0 Å². The van der Waals surface area contributed by atoms with Crippen LogP contribution in [0.5, 0.6) is 0 Å². The molecule has 1 heterocycles. The Balaban J connectivity index is 1.90. The Morgan fingerprint density at radius 2 is 1.78 bits per heavy atom. The summed E-state index contributed by atoms with van der Waals surface area (Å²) in [6.45, 7) is 3.99. The molecule has 2 amide bonds. The second-order valence-corrected chi connectivity index (χ2v) is 4.72. The van der Waals surface area contributed by atoms with Gasteiger partial charge in [0.05, 0.1) is 17.7 Å². The van der Waals surface area contributed by atoms with Crippen molar-refractivity contribution < 1.29 is 9.59 Å². The highest BCUT2D eigenvalue weighted by atomic mass is 16.2. The zero-order chi connectivity index (χ0) is 12.7. The smallest absolute Gasteiger partial charge is 0.261 e. The zero-order valence-corrected chi connectivity index (χ0v) is 9.98. The molecule has 1 saturated carbocycles. The van der Waals surface area contributed by atoms with Crippen LogP contribution in [0.2, 0.25) is 0 Å². The van der Waals surface area contributed by atoms with Gasteiger partial charge in [0.2, 0.25) is 0 Å². The van der Waals surface area contributed by atoms with Crippen molar-refractivity contribution in [1.29, 1.82) is 0 Å².